The summed E-state index contributed by atoms with van der Waals surface area (Å²) >= 11 is 0. The first kappa shape index (κ1) is 17.7. The van der Waals surface area contributed by atoms with E-state index in [4.69, 9.17) is 4.74 Å². The molecule has 146 valence electrons. The van der Waals surface area contributed by atoms with Crippen molar-refractivity contribution in [2.45, 2.75) is 38.8 Å². The van der Waals surface area contributed by atoms with Gasteiger partial charge in [-0.2, -0.15) is 10.1 Å². The summed E-state index contributed by atoms with van der Waals surface area (Å²) in [5, 5.41) is 7.66. The Bertz CT molecular complexity index is 1100. The highest BCUT2D eigenvalue weighted by atomic mass is 16.5. The molecule has 0 saturated carbocycles. The second kappa shape index (κ2) is 7.20. The van der Waals surface area contributed by atoms with Crippen molar-refractivity contribution in [1.82, 2.24) is 14.8 Å². The second-order valence-electron chi connectivity index (χ2n) is 7.57. The first-order valence-corrected chi connectivity index (χ1v) is 9.90. The van der Waals surface area contributed by atoms with E-state index in [0.717, 1.165) is 41.0 Å². The molecule has 5 rings (SSSR count). The lowest BCUT2D eigenvalue weighted by molar-refractivity contribution is -0.116. The van der Waals surface area contributed by atoms with Crippen LogP contribution in [0.15, 0.2) is 66.1 Å². The summed E-state index contributed by atoms with van der Waals surface area (Å²) in [6, 6.07) is 16.0. The van der Waals surface area contributed by atoms with Gasteiger partial charge in [0.25, 0.3) is 0 Å². The lowest BCUT2D eigenvalue weighted by Crippen LogP contribution is -2.31. The van der Waals surface area contributed by atoms with Crippen molar-refractivity contribution in [2.75, 3.05) is 5.32 Å². The van der Waals surface area contributed by atoms with Crippen molar-refractivity contribution in [3.63, 3.8) is 0 Å². The van der Waals surface area contributed by atoms with Gasteiger partial charge >= 0.3 is 0 Å². The van der Waals surface area contributed by atoms with Gasteiger partial charge < -0.3 is 10.1 Å². The average Bonchev–Trinajstić information content (AvgIpc) is 3.20. The van der Waals surface area contributed by atoms with Gasteiger partial charge in [-0.1, -0.05) is 42.0 Å². The number of fused-ring (bicyclic) bond motifs is 1. The van der Waals surface area contributed by atoms with E-state index in [0.29, 0.717) is 19.0 Å². The Morgan fingerprint density at radius 3 is 2.86 bits per heavy atom. The summed E-state index contributed by atoms with van der Waals surface area (Å²) in [6.45, 7) is 2.60. The number of carbonyl (C=O) groups excluding carboxylic acids is 1. The Morgan fingerprint density at radius 1 is 1.17 bits per heavy atom. The second-order valence-corrected chi connectivity index (χ2v) is 7.57. The molecular weight excluding hydrogens is 364 g/mol. The molecule has 6 heteroatoms. The number of benzene rings is 2. The van der Waals surface area contributed by atoms with Crippen LogP contribution in [0.2, 0.25) is 0 Å². The Balaban J connectivity index is 1.42. The maximum Gasteiger partial charge on any atom is 0.226 e. The number of aryl methyl sites for hydroxylation is 1. The molecule has 1 atom stereocenters. The Kier molecular flexibility index (Phi) is 4.39. The van der Waals surface area contributed by atoms with Gasteiger partial charge in [0.15, 0.2) is 5.78 Å². The number of nitrogens with zero attached hydrogens (tertiary/aromatic N) is 3. The van der Waals surface area contributed by atoms with Crippen molar-refractivity contribution in [2.24, 2.45) is 0 Å². The van der Waals surface area contributed by atoms with Crippen molar-refractivity contribution in [3.05, 3.63) is 82.8 Å². The molecule has 0 saturated heterocycles. The molecule has 1 N–H and O–H groups in total. The largest absolute Gasteiger partial charge is 0.489 e. The fourth-order valence-corrected chi connectivity index (χ4v) is 4.12. The molecular formula is C23H22N4O2. The topological polar surface area (TPSA) is 69.0 Å². The summed E-state index contributed by atoms with van der Waals surface area (Å²) in [4.78, 5) is 17.0. The van der Waals surface area contributed by atoms with E-state index >= 15 is 0 Å². The van der Waals surface area contributed by atoms with Crippen LogP contribution in [-0.4, -0.2) is 20.5 Å². The number of ether oxygens (including phenoxy) is 1. The normalized spacial score (nSPS) is 18.1. The lowest BCUT2D eigenvalue weighted by Gasteiger charge is -2.32. The van der Waals surface area contributed by atoms with Crippen LogP contribution in [0.5, 0.6) is 5.75 Å². The van der Waals surface area contributed by atoms with Gasteiger partial charge in [-0.05, 0) is 43.0 Å². The van der Waals surface area contributed by atoms with Gasteiger partial charge in [0, 0.05) is 17.7 Å². The molecule has 0 radical (unpaired) electrons. The zero-order valence-electron chi connectivity index (χ0n) is 16.3. The molecule has 2 heterocycles. The van der Waals surface area contributed by atoms with E-state index < -0.39 is 0 Å². The summed E-state index contributed by atoms with van der Waals surface area (Å²) in [5.74, 6) is 1.67. The molecule has 2 aliphatic rings. The average molecular weight is 386 g/mol. The van der Waals surface area contributed by atoms with Crippen LogP contribution < -0.4 is 10.1 Å². The number of ketones is 1. The molecule has 0 spiro atoms. The zero-order chi connectivity index (χ0) is 19.8. The van der Waals surface area contributed by atoms with Gasteiger partial charge in [-0.3, -0.25) is 4.79 Å². The molecule has 6 nitrogen and oxygen atoms in total. The predicted molar refractivity (Wildman–Crippen MR) is 110 cm³/mol. The number of nitrogens with one attached hydrogen (secondary N) is 1. The third-order valence-corrected chi connectivity index (χ3v) is 5.49. The van der Waals surface area contributed by atoms with Crippen LogP contribution in [0.1, 0.15) is 42.0 Å². The summed E-state index contributed by atoms with van der Waals surface area (Å²) in [5.41, 5.74) is 5.15. The molecule has 3 aromatic rings. The van der Waals surface area contributed by atoms with Gasteiger partial charge in [0.2, 0.25) is 5.95 Å². The van der Waals surface area contributed by atoms with E-state index in [1.54, 1.807) is 4.68 Å². The minimum absolute atomic E-state index is 0.185. The molecule has 29 heavy (non-hydrogen) atoms. The third kappa shape index (κ3) is 3.31. The molecule has 1 aliphatic heterocycles. The lowest BCUT2D eigenvalue weighted by atomic mass is 9.85. The molecule has 1 aliphatic carbocycles. The van der Waals surface area contributed by atoms with Crippen LogP contribution >= 0.6 is 0 Å². The molecule has 0 fully saturated rings. The fraction of sp³-hybridized carbons (Fsp3) is 0.261. The first-order chi connectivity index (χ1) is 14.2. The number of hydrogen-bond donors (Lipinski definition) is 1. The number of aromatic nitrogens is 3. The van der Waals surface area contributed by atoms with Crippen LogP contribution in [0.25, 0.3) is 0 Å². The third-order valence-electron chi connectivity index (χ3n) is 5.49. The van der Waals surface area contributed by atoms with Crippen molar-refractivity contribution in [1.29, 1.82) is 0 Å². The van der Waals surface area contributed by atoms with Gasteiger partial charge in [-0.25, -0.2) is 4.68 Å². The van der Waals surface area contributed by atoms with Gasteiger partial charge in [-0.15, -0.1) is 0 Å². The Labute approximate surface area is 169 Å². The van der Waals surface area contributed by atoms with E-state index in [1.807, 2.05) is 30.3 Å². The van der Waals surface area contributed by atoms with Gasteiger partial charge in [0.05, 0.1) is 0 Å². The number of carbonyl (C=O) groups is 1. The number of anilines is 1. The minimum atomic E-state index is -0.248. The molecule has 1 unspecified atom stereocenters. The maximum absolute atomic E-state index is 12.7. The van der Waals surface area contributed by atoms with E-state index in [1.165, 1.54) is 11.9 Å². The molecule has 1 aromatic heterocycles. The monoisotopic (exact) mass is 386 g/mol. The van der Waals surface area contributed by atoms with Gasteiger partial charge in [0.1, 0.15) is 24.7 Å². The van der Waals surface area contributed by atoms with Crippen molar-refractivity contribution in [3.8, 4) is 5.75 Å². The minimum Gasteiger partial charge on any atom is -0.489 e. The highest BCUT2D eigenvalue weighted by Crippen LogP contribution is 2.39. The van der Waals surface area contributed by atoms with E-state index in [9.17, 15) is 4.79 Å². The number of hydrogen-bond acceptors (Lipinski definition) is 5. The predicted octanol–water partition coefficient (Wildman–Crippen LogP) is 4.19. The SMILES string of the molecule is Cc1cccc(COc2ccc(C3C4=C(CCCC4=O)Nc4ncnn43)cc2)c1. The van der Waals surface area contributed by atoms with Crippen molar-refractivity contribution >= 4 is 11.7 Å². The highest BCUT2D eigenvalue weighted by molar-refractivity contribution is 5.99. The van der Waals surface area contributed by atoms with Crippen molar-refractivity contribution < 1.29 is 9.53 Å². The summed E-state index contributed by atoms with van der Waals surface area (Å²) < 4.78 is 7.74. The van der Waals surface area contributed by atoms with E-state index in [-0.39, 0.29) is 11.8 Å². The highest BCUT2D eigenvalue weighted by Gasteiger charge is 2.35. The number of allylic oxidation sites excluding steroid dienone is 2. The van der Waals surface area contributed by atoms with Crippen LogP contribution in [0, 0.1) is 6.92 Å². The van der Waals surface area contributed by atoms with Crippen LogP contribution in [0.4, 0.5) is 5.95 Å². The molecule has 0 bridgehead atoms. The first-order valence-electron chi connectivity index (χ1n) is 9.90. The Morgan fingerprint density at radius 2 is 2.03 bits per heavy atom. The summed E-state index contributed by atoms with van der Waals surface area (Å²) in [7, 11) is 0. The van der Waals surface area contributed by atoms with E-state index in [2.05, 4.69) is 40.5 Å². The fourth-order valence-electron chi connectivity index (χ4n) is 4.12. The smallest absolute Gasteiger partial charge is 0.226 e. The Hall–Kier alpha value is -3.41. The molecule has 0 amide bonds. The summed E-state index contributed by atoms with van der Waals surface area (Å²) in [6.07, 6.45) is 3.84. The number of Topliss-reactive ketones (excluding diaryl/α,β-unsaturated/α-hetero) is 1. The standard InChI is InChI=1S/C23H22N4O2/c1-15-4-2-5-16(12-15)13-29-18-10-8-17(9-11-18)22-21-19(6-3-7-20(21)28)26-23-24-14-25-27(22)23/h2,4-5,8-12,14,22H,3,6-7,13H2,1H3,(H,24,25,26). The quantitative estimate of drug-likeness (QED) is 0.728. The van der Waals surface area contributed by atoms with Crippen LogP contribution in [-0.2, 0) is 11.4 Å². The zero-order valence-corrected chi connectivity index (χ0v) is 16.3. The maximum atomic E-state index is 12.7. The molecule has 2 aromatic carbocycles. The van der Waals surface area contributed by atoms with Crippen LogP contribution in [0.3, 0.4) is 0 Å². The number of rotatable bonds is 4.